The van der Waals surface area contributed by atoms with Gasteiger partial charge >= 0.3 is 0 Å². The van der Waals surface area contributed by atoms with E-state index in [1.54, 1.807) is 0 Å². The van der Waals surface area contributed by atoms with E-state index in [-0.39, 0.29) is 0 Å². The standard InChI is InChI=1S/C15H30N2/c1-12-4-2-7-15(9-8-12)17-11-14-6-3-5-13(14)10-16/h12-15,17H,2-11,16H2,1H3. The fraction of sp³-hybridized carbons (Fsp3) is 1.00. The van der Waals surface area contributed by atoms with Gasteiger partial charge in [0.25, 0.3) is 0 Å². The molecule has 3 N–H and O–H groups in total. The summed E-state index contributed by atoms with van der Waals surface area (Å²) in [5, 5.41) is 3.83. The first kappa shape index (κ1) is 13.4. The Labute approximate surface area is 107 Å². The molecule has 0 radical (unpaired) electrons. The van der Waals surface area contributed by atoms with Gasteiger partial charge in [-0.2, -0.15) is 0 Å². The number of nitrogens with one attached hydrogen (secondary N) is 1. The van der Waals surface area contributed by atoms with Gasteiger partial charge in [0.2, 0.25) is 0 Å². The molecule has 2 rings (SSSR count). The fourth-order valence-electron chi connectivity index (χ4n) is 3.70. The van der Waals surface area contributed by atoms with Crippen LogP contribution in [0.3, 0.4) is 0 Å². The highest BCUT2D eigenvalue weighted by molar-refractivity contribution is 4.82. The minimum atomic E-state index is 0.791. The van der Waals surface area contributed by atoms with Crippen LogP contribution in [-0.4, -0.2) is 19.1 Å². The van der Waals surface area contributed by atoms with Crippen molar-refractivity contribution in [3.63, 3.8) is 0 Å². The summed E-state index contributed by atoms with van der Waals surface area (Å²) in [6.45, 7) is 4.53. The Morgan fingerprint density at radius 1 is 0.941 bits per heavy atom. The van der Waals surface area contributed by atoms with Crippen molar-refractivity contribution in [3.8, 4) is 0 Å². The van der Waals surface area contributed by atoms with E-state index in [2.05, 4.69) is 12.2 Å². The molecule has 2 aliphatic carbocycles. The second-order valence-electron chi connectivity index (χ2n) is 6.41. The third-order valence-electron chi connectivity index (χ3n) is 5.05. The molecule has 4 unspecified atom stereocenters. The average Bonchev–Trinajstić information content (AvgIpc) is 2.69. The summed E-state index contributed by atoms with van der Waals surface area (Å²) < 4.78 is 0. The van der Waals surface area contributed by atoms with Gasteiger partial charge in [-0.05, 0) is 62.9 Å². The van der Waals surface area contributed by atoms with Crippen LogP contribution in [0.5, 0.6) is 0 Å². The highest BCUT2D eigenvalue weighted by atomic mass is 14.9. The van der Waals surface area contributed by atoms with Crippen LogP contribution in [0.2, 0.25) is 0 Å². The van der Waals surface area contributed by atoms with Crippen LogP contribution in [0.4, 0.5) is 0 Å². The first-order valence-corrected chi connectivity index (χ1v) is 7.73. The van der Waals surface area contributed by atoms with Gasteiger partial charge in [-0.25, -0.2) is 0 Å². The van der Waals surface area contributed by atoms with Gasteiger partial charge in [0.05, 0.1) is 0 Å². The number of hydrogen-bond donors (Lipinski definition) is 2. The summed E-state index contributed by atoms with van der Waals surface area (Å²) in [5.74, 6) is 2.61. The van der Waals surface area contributed by atoms with E-state index >= 15 is 0 Å². The van der Waals surface area contributed by atoms with Crippen LogP contribution in [-0.2, 0) is 0 Å². The van der Waals surface area contributed by atoms with Gasteiger partial charge in [0, 0.05) is 6.04 Å². The normalized spacial score (nSPS) is 39.2. The SMILES string of the molecule is CC1CCCC(NCC2CCCC2CN)CC1. The van der Waals surface area contributed by atoms with E-state index in [1.807, 2.05) is 0 Å². The van der Waals surface area contributed by atoms with Crippen molar-refractivity contribution in [2.75, 3.05) is 13.1 Å². The first-order chi connectivity index (χ1) is 8.29. The van der Waals surface area contributed by atoms with Gasteiger partial charge in [-0.15, -0.1) is 0 Å². The molecule has 2 aliphatic rings. The topological polar surface area (TPSA) is 38.0 Å². The highest BCUT2D eigenvalue weighted by Crippen LogP contribution is 2.31. The fourth-order valence-corrected chi connectivity index (χ4v) is 3.70. The summed E-state index contributed by atoms with van der Waals surface area (Å²) >= 11 is 0. The molecular formula is C15H30N2. The molecule has 0 heterocycles. The maximum atomic E-state index is 5.85. The lowest BCUT2D eigenvalue weighted by atomic mass is 9.95. The van der Waals surface area contributed by atoms with Gasteiger partial charge in [-0.1, -0.05) is 26.2 Å². The molecule has 2 saturated carbocycles. The van der Waals surface area contributed by atoms with Crippen LogP contribution in [0, 0.1) is 17.8 Å². The number of hydrogen-bond acceptors (Lipinski definition) is 2. The van der Waals surface area contributed by atoms with E-state index in [1.165, 1.54) is 57.9 Å². The second kappa shape index (κ2) is 6.75. The minimum Gasteiger partial charge on any atom is -0.330 e. The van der Waals surface area contributed by atoms with Crippen LogP contribution in [0.1, 0.15) is 58.3 Å². The Bertz CT molecular complexity index is 217. The monoisotopic (exact) mass is 238 g/mol. The molecule has 0 bridgehead atoms. The predicted molar refractivity (Wildman–Crippen MR) is 73.9 cm³/mol. The predicted octanol–water partition coefficient (Wildman–Crippen LogP) is 2.92. The van der Waals surface area contributed by atoms with Gasteiger partial charge in [0.15, 0.2) is 0 Å². The van der Waals surface area contributed by atoms with Crippen molar-refractivity contribution in [1.82, 2.24) is 5.32 Å². The molecule has 2 heteroatoms. The molecule has 0 saturated heterocycles. The zero-order valence-electron chi connectivity index (χ0n) is 11.5. The molecule has 4 atom stereocenters. The lowest BCUT2D eigenvalue weighted by Crippen LogP contribution is -2.35. The molecule has 2 nitrogen and oxygen atoms in total. The average molecular weight is 238 g/mol. The van der Waals surface area contributed by atoms with Gasteiger partial charge < -0.3 is 11.1 Å². The highest BCUT2D eigenvalue weighted by Gasteiger charge is 2.26. The Balaban J connectivity index is 1.70. The zero-order chi connectivity index (χ0) is 12.1. The summed E-state index contributed by atoms with van der Waals surface area (Å²) in [5.41, 5.74) is 5.85. The minimum absolute atomic E-state index is 0.791. The van der Waals surface area contributed by atoms with E-state index in [0.29, 0.717) is 0 Å². The maximum Gasteiger partial charge on any atom is 0.00672 e. The van der Waals surface area contributed by atoms with Crippen LogP contribution in [0.15, 0.2) is 0 Å². The molecule has 2 fully saturated rings. The molecule has 0 aromatic carbocycles. The maximum absolute atomic E-state index is 5.85. The first-order valence-electron chi connectivity index (χ1n) is 7.73. The summed E-state index contributed by atoms with van der Waals surface area (Å²) in [4.78, 5) is 0. The second-order valence-corrected chi connectivity index (χ2v) is 6.41. The summed E-state index contributed by atoms with van der Waals surface area (Å²) in [6, 6.07) is 0.791. The van der Waals surface area contributed by atoms with Crippen molar-refractivity contribution >= 4 is 0 Å². The molecular weight excluding hydrogens is 208 g/mol. The summed E-state index contributed by atoms with van der Waals surface area (Å²) in [7, 11) is 0. The Kier molecular flexibility index (Phi) is 5.30. The molecule has 0 spiro atoms. The molecule has 17 heavy (non-hydrogen) atoms. The van der Waals surface area contributed by atoms with Crippen molar-refractivity contribution in [3.05, 3.63) is 0 Å². The Morgan fingerprint density at radius 3 is 2.53 bits per heavy atom. The Hall–Kier alpha value is -0.0800. The molecule has 0 amide bonds. The number of nitrogens with two attached hydrogens (primary N) is 1. The van der Waals surface area contributed by atoms with Crippen molar-refractivity contribution in [1.29, 1.82) is 0 Å². The van der Waals surface area contributed by atoms with Crippen molar-refractivity contribution < 1.29 is 0 Å². The molecule has 0 aromatic rings. The van der Waals surface area contributed by atoms with Crippen molar-refractivity contribution in [2.24, 2.45) is 23.5 Å². The quantitative estimate of drug-likeness (QED) is 0.739. The largest absolute Gasteiger partial charge is 0.330 e. The van der Waals surface area contributed by atoms with Crippen molar-refractivity contribution in [2.45, 2.75) is 64.3 Å². The lowest BCUT2D eigenvalue weighted by Gasteiger charge is -2.23. The van der Waals surface area contributed by atoms with Gasteiger partial charge in [-0.3, -0.25) is 0 Å². The third-order valence-corrected chi connectivity index (χ3v) is 5.05. The smallest absolute Gasteiger partial charge is 0.00672 e. The van der Waals surface area contributed by atoms with Crippen LogP contribution >= 0.6 is 0 Å². The molecule has 100 valence electrons. The van der Waals surface area contributed by atoms with Crippen LogP contribution in [0.25, 0.3) is 0 Å². The van der Waals surface area contributed by atoms with E-state index in [9.17, 15) is 0 Å². The molecule has 0 aliphatic heterocycles. The van der Waals surface area contributed by atoms with E-state index in [4.69, 9.17) is 5.73 Å². The number of rotatable bonds is 4. The molecule has 0 aromatic heterocycles. The van der Waals surface area contributed by atoms with Gasteiger partial charge in [0.1, 0.15) is 0 Å². The van der Waals surface area contributed by atoms with E-state index in [0.717, 1.165) is 30.3 Å². The zero-order valence-corrected chi connectivity index (χ0v) is 11.5. The van der Waals surface area contributed by atoms with Crippen LogP contribution < -0.4 is 11.1 Å². The lowest BCUT2D eigenvalue weighted by molar-refractivity contribution is 0.339. The third kappa shape index (κ3) is 3.96. The summed E-state index contributed by atoms with van der Waals surface area (Å²) in [6.07, 6.45) is 11.2. The van der Waals surface area contributed by atoms with E-state index < -0.39 is 0 Å². The Morgan fingerprint density at radius 2 is 1.71 bits per heavy atom.